The smallest absolute Gasteiger partial charge is 0.325 e. The van der Waals surface area contributed by atoms with Gasteiger partial charge in [0.15, 0.2) is 0 Å². The van der Waals surface area contributed by atoms with Gasteiger partial charge in [-0.2, -0.15) is 4.72 Å². The number of benzene rings is 1. The second-order valence-electron chi connectivity index (χ2n) is 6.49. The molecule has 7 nitrogen and oxygen atoms in total. The number of nitrogens with zero attached hydrogens (tertiary/aromatic N) is 1. The van der Waals surface area contributed by atoms with Crippen LogP contribution < -0.4 is 4.72 Å². The maximum Gasteiger partial charge on any atom is 0.325 e. The van der Waals surface area contributed by atoms with E-state index in [0.29, 0.717) is 16.3 Å². The number of thiophene rings is 1. The third-order valence-corrected chi connectivity index (χ3v) is 7.70. The highest BCUT2D eigenvalue weighted by Gasteiger charge is 2.63. The largest absolute Gasteiger partial charge is 0.480 e. The van der Waals surface area contributed by atoms with Crippen LogP contribution in [0.2, 0.25) is 0 Å². The molecule has 0 spiro atoms. The Bertz CT molecular complexity index is 1100. The van der Waals surface area contributed by atoms with Crippen molar-refractivity contribution in [2.45, 2.75) is 29.0 Å². The van der Waals surface area contributed by atoms with E-state index in [0.717, 1.165) is 16.9 Å². The summed E-state index contributed by atoms with van der Waals surface area (Å²) in [5, 5.41) is 13.6. The van der Waals surface area contributed by atoms with E-state index in [4.69, 9.17) is 4.52 Å². The molecular weight excluding hydrogens is 388 g/mol. The summed E-state index contributed by atoms with van der Waals surface area (Å²) in [5.41, 5.74) is -0.178. The molecule has 2 atom stereocenters. The average molecular weight is 404 g/mol. The topological polar surface area (TPSA) is 110 Å². The second-order valence-corrected chi connectivity index (χ2v) is 9.48. The van der Waals surface area contributed by atoms with Gasteiger partial charge in [-0.3, -0.25) is 4.79 Å². The summed E-state index contributed by atoms with van der Waals surface area (Å²) in [4.78, 5) is 12.5. The molecule has 1 aromatic carbocycles. The fourth-order valence-corrected chi connectivity index (χ4v) is 5.78. The normalized spacial score (nSPS) is 21.9. The zero-order valence-corrected chi connectivity index (χ0v) is 15.9. The molecule has 2 heterocycles. The Morgan fingerprint density at radius 2 is 2.04 bits per heavy atom. The third kappa shape index (κ3) is 3.18. The number of sulfonamides is 1. The number of carboxylic acids is 1. The van der Waals surface area contributed by atoms with Crippen molar-refractivity contribution in [3.63, 3.8) is 0 Å². The van der Waals surface area contributed by atoms with Crippen molar-refractivity contribution in [1.82, 2.24) is 9.88 Å². The number of carboxylic acid groups (broad SMARTS) is 1. The van der Waals surface area contributed by atoms with E-state index in [-0.39, 0.29) is 10.6 Å². The molecule has 4 rings (SSSR count). The molecule has 1 aliphatic rings. The predicted octanol–water partition coefficient (Wildman–Crippen LogP) is 3.00. The van der Waals surface area contributed by atoms with E-state index in [1.165, 1.54) is 6.07 Å². The van der Waals surface area contributed by atoms with Crippen molar-refractivity contribution >= 4 is 27.3 Å². The Labute approximate surface area is 159 Å². The van der Waals surface area contributed by atoms with E-state index < -0.39 is 27.4 Å². The van der Waals surface area contributed by atoms with Gasteiger partial charge in [0.05, 0.1) is 4.88 Å². The molecule has 0 bridgehead atoms. The van der Waals surface area contributed by atoms with Gasteiger partial charge in [-0.25, -0.2) is 8.42 Å². The molecule has 2 aromatic heterocycles. The molecule has 9 heteroatoms. The fraction of sp³-hybridized carbons (Fsp3) is 0.222. The number of aryl methyl sites for hydroxylation is 1. The van der Waals surface area contributed by atoms with Crippen LogP contribution in [0.3, 0.4) is 0 Å². The van der Waals surface area contributed by atoms with Crippen LogP contribution in [0.25, 0.3) is 10.6 Å². The average Bonchev–Trinajstić information content (AvgIpc) is 2.98. The van der Waals surface area contributed by atoms with Crippen LogP contribution in [0, 0.1) is 6.92 Å². The molecule has 0 saturated heterocycles. The second kappa shape index (κ2) is 6.29. The zero-order chi connectivity index (χ0) is 19.2. The maximum atomic E-state index is 12.8. The van der Waals surface area contributed by atoms with Crippen molar-refractivity contribution in [2.75, 3.05) is 0 Å². The lowest BCUT2D eigenvalue weighted by molar-refractivity contribution is -0.140. The summed E-state index contributed by atoms with van der Waals surface area (Å²) < 4.78 is 33.1. The van der Waals surface area contributed by atoms with Crippen LogP contribution in [0.4, 0.5) is 0 Å². The Morgan fingerprint density at radius 3 is 2.67 bits per heavy atom. The first-order valence-electron chi connectivity index (χ1n) is 8.18. The Hall–Kier alpha value is -2.49. The molecule has 1 fully saturated rings. The van der Waals surface area contributed by atoms with E-state index in [9.17, 15) is 18.3 Å². The van der Waals surface area contributed by atoms with Gasteiger partial charge in [0, 0.05) is 12.0 Å². The number of aliphatic carboxylic acids is 1. The Morgan fingerprint density at radius 1 is 1.30 bits per heavy atom. The Kier molecular flexibility index (Phi) is 4.17. The number of hydrogen-bond acceptors (Lipinski definition) is 6. The minimum absolute atomic E-state index is 0.0393. The monoisotopic (exact) mass is 404 g/mol. The number of rotatable bonds is 6. The van der Waals surface area contributed by atoms with Crippen LogP contribution in [-0.2, 0) is 14.8 Å². The molecule has 3 aromatic rings. The summed E-state index contributed by atoms with van der Waals surface area (Å²) in [7, 11) is -3.99. The van der Waals surface area contributed by atoms with Gasteiger partial charge in [-0.05, 0) is 31.0 Å². The first-order valence-corrected chi connectivity index (χ1v) is 10.5. The van der Waals surface area contributed by atoms with Gasteiger partial charge < -0.3 is 9.63 Å². The minimum Gasteiger partial charge on any atom is -0.480 e. The summed E-state index contributed by atoms with van der Waals surface area (Å²) in [5.74, 6) is -0.957. The van der Waals surface area contributed by atoms with Crippen molar-refractivity contribution in [2.24, 2.45) is 0 Å². The van der Waals surface area contributed by atoms with E-state index in [1.807, 2.05) is 6.07 Å². The number of carbonyl (C=O) groups is 1. The van der Waals surface area contributed by atoms with E-state index in [2.05, 4.69) is 9.88 Å². The number of nitrogens with one attached hydrogen (secondary N) is 1. The predicted molar refractivity (Wildman–Crippen MR) is 99.0 cm³/mol. The summed E-state index contributed by atoms with van der Waals surface area (Å²) in [6.45, 7) is 1.75. The molecule has 0 unspecified atom stereocenters. The lowest BCUT2D eigenvalue weighted by atomic mass is 10.1. The standard InChI is InChI=1S/C18H16N2O5S2/c1-11-9-14(19-25-11)15-7-8-16(26-15)27(23,24)20-18(17(21)22)10-13(18)12-5-3-2-4-6-12/h2-9,13,20H,10H2,1H3,(H,21,22)/t13-,18-/m0/s1. The Balaban J connectivity index is 1.61. The van der Waals surface area contributed by atoms with Gasteiger partial charge in [0.25, 0.3) is 10.0 Å². The van der Waals surface area contributed by atoms with Crippen LogP contribution in [-0.4, -0.2) is 30.2 Å². The van der Waals surface area contributed by atoms with Gasteiger partial charge in [-0.15, -0.1) is 11.3 Å². The number of aromatic nitrogens is 1. The van der Waals surface area contributed by atoms with Gasteiger partial charge in [0.2, 0.25) is 0 Å². The molecule has 0 aliphatic heterocycles. The molecule has 2 N–H and O–H groups in total. The first-order chi connectivity index (χ1) is 12.8. The van der Waals surface area contributed by atoms with Crippen LogP contribution in [0.5, 0.6) is 0 Å². The zero-order valence-electron chi connectivity index (χ0n) is 14.2. The molecule has 140 valence electrons. The lowest BCUT2D eigenvalue weighted by Crippen LogP contribution is -2.44. The van der Waals surface area contributed by atoms with E-state index >= 15 is 0 Å². The summed E-state index contributed by atoms with van der Waals surface area (Å²) in [6.07, 6.45) is 0.215. The summed E-state index contributed by atoms with van der Waals surface area (Å²) in [6, 6.07) is 13.8. The van der Waals surface area contributed by atoms with Crippen LogP contribution >= 0.6 is 11.3 Å². The van der Waals surface area contributed by atoms with Crippen molar-refractivity contribution in [1.29, 1.82) is 0 Å². The highest BCUT2D eigenvalue weighted by molar-refractivity contribution is 7.91. The first kappa shape index (κ1) is 17.9. The molecule has 1 aliphatic carbocycles. The number of hydrogen-bond donors (Lipinski definition) is 2. The summed E-state index contributed by atoms with van der Waals surface area (Å²) >= 11 is 1.02. The maximum absolute atomic E-state index is 12.8. The molecule has 1 saturated carbocycles. The van der Waals surface area contributed by atoms with E-state index in [1.54, 1.807) is 43.3 Å². The van der Waals surface area contributed by atoms with Crippen molar-refractivity contribution in [3.05, 3.63) is 59.9 Å². The SMILES string of the molecule is Cc1cc(-c2ccc(S(=O)(=O)N[C@@]3(C(=O)O)C[C@H]3c3ccccc3)s2)no1. The highest BCUT2D eigenvalue weighted by atomic mass is 32.2. The molecule has 0 radical (unpaired) electrons. The molecular formula is C18H16N2O5S2. The lowest BCUT2D eigenvalue weighted by Gasteiger charge is -2.14. The van der Waals surface area contributed by atoms with Gasteiger partial charge in [0.1, 0.15) is 21.2 Å². The fourth-order valence-electron chi connectivity index (χ4n) is 3.12. The minimum atomic E-state index is -3.99. The molecule has 0 amide bonds. The molecule has 27 heavy (non-hydrogen) atoms. The van der Waals surface area contributed by atoms with Gasteiger partial charge in [-0.1, -0.05) is 35.5 Å². The van der Waals surface area contributed by atoms with Crippen molar-refractivity contribution < 1.29 is 22.8 Å². The highest BCUT2D eigenvalue weighted by Crippen LogP contribution is 2.52. The third-order valence-electron chi connectivity index (χ3n) is 4.59. The van der Waals surface area contributed by atoms with Crippen LogP contribution in [0.15, 0.2) is 57.3 Å². The van der Waals surface area contributed by atoms with Crippen LogP contribution in [0.1, 0.15) is 23.7 Å². The quantitative estimate of drug-likeness (QED) is 0.654. The van der Waals surface area contributed by atoms with Gasteiger partial charge >= 0.3 is 5.97 Å². The van der Waals surface area contributed by atoms with Crippen molar-refractivity contribution in [3.8, 4) is 10.6 Å².